The average molecular weight is 541 g/mol. The molecule has 4 rings (SSSR count). The second-order valence-electron chi connectivity index (χ2n) is 7.75. The van der Waals surface area contributed by atoms with Crippen molar-refractivity contribution in [3.8, 4) is 5.75 Å². The fourth-order valence-electron chi connectivity index (χ4n) is 3.85. The summed E-state index contributed by atoms with van der Waals surface area (Å²) in [7, 11) is 1.35. The van der Waals surface area contributed by atoms with Crippen molar-refractivity contribution >= 4 is 50.6 Å². The molecular formula is C26H22BrFN2O3S. The van der Waals surface area contributed by atoms with Gasteiger partial charge in [0.2, 0.25) is 0 Å². The van der Waals surface area contributed by atoms with Crippen LogP contribution in [-0.4, -0.2) is 29.7 Å². The Hall–Kier alpha value is -3.23. The normalized spacial score (nSPS) is 15.4. The highest BCUT2D eigenvalue weighted by atomic mass is 79.9. The molecule has 0 fully saturated rings. The molecule has 5 nitrogen and oxygen atoms in total. The molecule has 3 aromatic carbocycles. The predicted octanol–water partition coefficient (Wildman–Crippen LogP) is 6.15. The van der Waals surface area contributed by atoms with Crippen molar-refractivity contribution in [2.75, 3.05) is 19.4 Å². The number of nitrogens with zero attached hydrogens (tertiary/aromatic N) is 1. The van der Waals surface area contributed by atoms with Gasteiger partial charge in [-0.3, -0.25) is 0 Å². The smallest absolute Gasteiger partial charge is 0.337 e. The summed E-state index contributed by atoms with van der Waals surface area (Å²) in [5.74, 6) is -0.295. The number of thiocarbonyl (C=S) groups is 1. The number of methoxy groups -OCH3 is 1. The first kappa shape index (κ1) is 23.9. The molecule has 1 heterocycles. The fourth-order valence-corrected chi connectivity index (χ4v) is 4.51. The summed E-state index contributed by atoms with van der Waals surface area (Å²) in [6, 6.07) is 18.4. The third kappa shape index (κ3) is 5.29. The molecule has 174 valence electrons. The van der Waals surface area contributed by atoms with E-state index in [0.717, 1.165) is 21.2 Å². The average Bonchev–Trinajstić information content (AvgIpc) is 2.86. The largest absolute Gasteiger partial charge is 0.465 e. The summed E-state index contributed by atoms with van der Waals surface area (Å²) in [6.07, 6.45) is 2.80. The Labute approximate surface area is 211 Å². The quantitative estimate of drug-likeness (QED) is 0.243. The van der Waals surface area contributed by atoms with E-state index in [1.165, 1.54) is 31.4 Å². The fraction of sp³-hybridized carbons (Fsp3) is 0.154. The zero-order valence-corrected chi connectivity index (χ0v) is 20.7. The molecule has 8 heteroatoms. The minimum absolute atomic E-state index is 0.262. The first-order chi connectivity index (χ1) is 16.4. The highest BCUT2D eigenvalue weighted by Crippen LogP contribution is 2.37. The van der Waals surface area contributed by atoms with Gasteiger partial charge in [0.15, 0.2) is 0 Å². The van der Waals surface area contributed by atoms with Crippen molar-refractivity contribution in [3.63, 3.8) is 0 Å². The topological polar surface area (TPSA) is 64.8 Å². The van der Waals surface area contributed by atoms with Crippen LogP contribution in [0.2, 0.25) is 0 Å². The number of carbonyl (C=O) groups excluding carboxylic acids is 1. The number of carbonyl (C=O) groups is 1. The van der Waals surface area contributed by atoms with Gasteiger partial charge in [-0.2, -0.15) is 0 Å². The maximum Gasteiger partial charge on any atom is 0.337 e. The van der Waals surface area contributed by atoms with Crippen molar-refractivity contribution in [2.24, 2.45) is 0 Å². The summed E-state index contributed by atoms with van der Waals surface area (Å²) >= 11 is 9.15. The first-order valence-corrected chi connectivity index (χ1v) is 11.7. The van der Waals surface area contributed by atoms with Crippen molar-refractivity contribution in [2.45, 2.75) is 12.5 Å². The van der Waals surface area contributed by atoms with Crippen molar-refractivity contribution in [1.29, 1.82) is 0 Å². The third-order valence-corrected chi connectivity index (χ3v) is 6.42. The van der Waals surface area contributed by atoms with Gasteiger partial charge in [-0.25, -0.2) is 9.18 Å². The monoisotopic (exact) mass is 540 g/mol. The Morgan fingerprint density at radius 2 is 1.82 bits per heavy atom. The van der Waals surface area contributed by atoms with E-state index >= 15 is 0 Å². The van der Waals surface area contributed by atoms with Crippen molar-refractivity contribution in [3.05, 3.63) is 99.8 Å². The molecule has 1 aliphatic rings. The molecule has 34 heavy (non-hydrogen) atoms. The molecule has 0 aliphatic carbocycles. The van der Waals surface area contributed by atoms with E-state index in [0.29, 0.717) is 30.0 Å². The molecule has 1 unspecified atom stereocenters. The van der Waals surface area contributed by atoms with E-state index in [1.807, 2.05) is 35.2 Å². The minimum atomic E-state index is -0.402. The van der Waals surface area contributed by atoms with Gasteiger partial charge in [-0.1, -0.05) is 34.1 Å². The number of anilines is 1. The molecule has 0 bridgehead atoms. The maximum atomic E-state index is 13.3. The van der Waals surface area contributed by atoms with Crippen LogP contribution >= 0.6 is 28.1 Å². The van der Waals surface area contributed by atoms with Crippen molar-refractivity contribution in [1.82, 2.24) is 4.90 Å². The Kier molecular flexibility index (Phi) is 7.29. The van der Waals surface area contributed by atoms with E-state index in [1.54, 1.807) is 12.1 Å². The number of nitrogen functional groups attached to an aromatic ring is 1. The van der Waals surface area contributed by atoms with Crippen LogP contribution in [0.15, 0.2) is 77.3 Å². The van der Waals surface area contributed by atoms with E-state index in [4.69, 9.17) is 27.4 Å². The van der Waals surface area contributed by atoms with Crippen LogP contribution in [0.5, 0.6) is 5.75 Å². The highest BCUT2D eigenvalue weighted by Gasteiger charge is 2.28. The van der Waals surface area contributed by atoms with Gasteiger partial charge in [-0.05, 0) is 84.4 Å². The van der Waals surface area contributed by atoms with Gasteiger partial charge in [0, 0.05) is 22.3 Å². The number of ether oxygens (including phenoxy) is 2. The van der Waals surface area contributed by atoms with Crippen LogP contribution in [-0.2, 0) is 4.74 Å². The van der Waals surface area contributed by atoms with E-state index < -0.39 is 5.97 Å². The van der Waals surface area contributed by atoms with Crippen LogP contribution in [0.25, 0.3) is 5.57 Å². The zero-order valence-electron chi connectivity index (χ0n) is 18.3. The molecule has 1 aliphatic heterocycles. The Morgan fingerprint density at radius 3 is 2.50 bits per heavy atom. The van der Waals surface area contributed by atoms with Crippen LogP contribution in [0.3, 0.4) is 0 Å². The van der Waals surface area contributed by atoms with Gasteiger partial charge in [0.05, 0.1) is 18.7 Å². The lowest BCUT2D eigenvalue weighted by Crippen LogP contribution is -2.39. The Bertz CT molecular complexity index is 1250. The van der Waals surface area contributed by atoms with E-state index in [9.17, 15) is 9.18 Å². The number of halogens is 2. The lowest BCUT2D eigenvalue weighted by Gasteiger charge is -2.36. The minimum Gasteiger partial charge on any atom is -0.465 e. The summed E-state index contributed by atoms with van der Waals surface area (Å²) < 4.78 is 24.9. The summed E-state index contributed by atoms with van der Waals surface area (Å²) in [6.45, 7) is 0.585. The number of esters is 1. The van der Waals surface area contributed by atoms with E-state index in [-0.39, 0.29) is 17.0 Å². The molecule has 0 spiro atoms. The van der Waals surface area contributed by atoms with Gasteiger partial charge in [0.1, 0.15) is 11.6 Å². The molecule has 0 saturated heterocycles. The summed E-state index contributed by atoms with van der Waals surface area (Å²) in [5, 5.41) is 0.270. The number of hydrogen-bond acceptors (Lipinski definition) is 5. The third-order valence-electron chi connectivity index (χ3n) is 5.60. The van der Waals surface area contributed by atoms with Gasteiger partial charge in [0.25, 0.3) is 5.17 Å². The molecule has 2 N–H and O–H groups in total. The van der Waals surface area contributed by atoms with Crippen LogP contribution < -0.4 is 10.5 Å². The number of nitrogens with two attached hydrogens (primary N) is 1. The molecule has 0 saturated carbocycles. The molecule has 1 atom stereocenters. The standard InChI is InChI=1S/C26H22BrFN2O3S/c1-32-25(31)17-4-2-16(3-5-17)24-14-18(22-15-19(27)6-11-23(22)29)12-13-30(24)26(34)33-21-9-7-20(28)8-10-21/h2-11,14-15,24H,12-13,29H2,1H3. The van der Waals surface area contributed by atoms with Gasteiger partial charge < -0.3 is 20.1 Å². The summed E-state index contributed by atoms with van der Waals surface area (Å²) in [5.41, 5.74) is 10.4. The lowest BCUT2D eigenvalue weighted by molar-refractivity contribution is 0.0600. The number of rotatable bonds is 4. The second-order valence-corrected chi connectivity index (χ2v) is 9.01. The van der Waals surface area contributed by atoms with Crippen LogP contribution in [0, 0.1) is 5.82 Å². The SMILES string of the molecule is COC(=O)c1ccc(C2C=C(c3cc(Br)ccc3N)CCN2C(=S)Oc2ccc(F)cc2)cc1. The van der Waals surface area contributed by atoms with Gasteiger partial charge >= 0.3 is 5.97 Å². The second kappa shape index (κ2) is 10.4. The summed E-state index contributed by atoms with van der Waals surface area (Å²) in [4.78, 5) is 13.8. The van der Waals surface area contributed by atoms with Crippen LogP contribution in [0.1, 0.15) is 33.9 Å². The first-order valence-electron chi connectivity index (χ1n) is 10.5. The molecule has 0 aromatic heterocycles. The van der Waals surface area contributed by atoms with Crippen molar-refractivity contribution < 1.29 is 18.7 Å². The van der Waals surface area contributed by atoms with Crippen LogP contribution in [0.4, 0.5) is 10.1 Å². The highest BCUT2D eigenvalue weighted by molar-refractivity contribution is 9.10. The van der Waals surface area contributed by atoms with E-state index in [2.05, 4.69) is 22.0 Å². The molecule has 0 radical (unpaired) electrons. The predicted molar refractivity (Wildman–Crippen MR) is 138 cm³/mol. The Morgan fingerprint density at radius 1 is 1.12 bits per heavy atom. The number of hydrogen-bond donors (Lipinski definition) is 1. The zero-order chi connectivity index (χ0) is 24.2. The maximum absolute atomic E-state index is 13.3. The lowest BCUT2D eigenvalue weighted by atomic mass is 9.91. The molecule has 3 aromatic rings. The van der Waals surface area contributed by atoms with Gasteiger partial charge in [-0.15, -0.1) is 0 Å². The number of benzene rings is 3. The molecule has 0 amide bonds. The Balaban J connectivity index is 1.70. The molecular weight excluding hydrogens is 519 g/mol.